The smallest absolute Gasteiger partial charge is 0.386 e. The summed E-state index contributed by atoms with van der Waals surface area (Å²) in [5.74, 6) is -2.98. The number of benzene rings is 1. The van der Waals surface area contributed by atoms with E-state index in [0.717, 1.165) is 31.2 Å². The van der Waals surface area contributed by atoms with E-state index in [2.05, 4.69) is 13.8 Å². The molecule has 0 spiro atoms. The summed E-state index contributed by atoms with van der Waals surface area (Å²) in [6, 6.07) is 5.06. The first-order chi connectivity index (χ1) is 11.2. The van der Waals surface area contributed by atoms with Gasteiger partial charge in [-0.05, 0) is 72.2 Å². The van der Waals surface area contributed by atoms with Crippen molar-refractivity contribution in [2.24, 2.45) is 17.1 Å². The first kappa shape index (κ1) is 17.6. The zero-order chi connectivity index (χ0) is 17.8. The van der Waals surface area contributed by atoms with Crippen molar-refractivity contribution in [3.8, 4) is 5.75 Å². The molecule has 4 nitrogen and oxygen atoms in total. The molecule has 1 saturated carbocycles. The Bertz CT molecular complexity index is 637. The van der Waals surface area contributed by atoms with Crippen LogP contribution in [0.15, 0.2) is 18.2 Å². The number of aliphatic hydroxyl groups is 2. The molecule has 0 heterocycles. The van der Waals surface area contributed by atoms with Gasteiger partial charge in [-0.1, -0.05) is 19.9 Å². The van der Waals surface area contributed by atoms with Gasteiger partial charge in [-0.3, -0.25) is 0 Å². The van der Waals surface area contributed by atoms with Gasteiger partial charge in [-0.15, -0.1) is 0 Å². The molecule has 4 N–H and O–H groups in total. The number of rotatable bonds is 5. The summed E-state index contributed by atoms with van der Waals surface area (Å²) in [7, 11) is 0. The van der Waals surface area contributed by atoms with Gasteiger partial charge >= 0.3 is 12.4 Å². The van der Waals surface area contributed by atoms with Crippen molar-refractivity contribution < 1.29 is 23.7 Å². The van der Waals surface area contributed by atoms with E-state index >= 15 is 0 Å². The highest BCUT2D eigenvalue weighted by atomic mass is 19.3. The molecule has 2 aliphatic rings. The second-order valence-corrected chi connectivity index (χ2v) is 7.52. The molecule has 1 fully saturated rings. The normalized spacial score (nSPS) is 32.1. The second kappa shape index (κ2) is 5.64. The Labute approximate surface area is 140 Å². The van der Waals surface area contributed by atoms with Crippen LogP contribution in [0.4, 0.5) is 8.78 Å². The van der Waals surface area contributed by atoms with Gasteiger partial charge in [0.1, 0.15) is 5.75 Å². The Morgan fingerprint density at radius 3 is 2.71 bits per heavy atom. The monoisotopic (exact) mass is 341 g/mol. The lowest BCUT2D eigenvalue weighted by Gasteiger charge is -2.64. The van der Waals surface area contributed by atoms with Crippen LogP contribution in [0.3, 0.4) is 0 Å². The fourth-order valence-electron chi connectivity index (χ4n) is 5.01. The Morgan fingerprint density at radius 1 is 1.42 bits per heavy atom. The third-order valence-corrected chi connectivity index (χ3v) is 6.20. The predicted molar refractivity (Wildman–Crippen MR) is 85.8 cm³/mol. The van der Waals surface area contributed by atoms with Crippen LogP contribution in [0, 0.1) is 11.3 Å². The molecule has 0 amide bonds. The molecule has 3 rings (SSSR count). The number of hydrogen-bond acceptors (Lipinski definition) is 4. The van der Waals surface area contributed by atoms with E-state index in [1.807, 2.05) is 6.07 Å². The number of hydrogen-bond donors (Lipinski definition) is 3. The molecule has 0 bridgehead atoms. The summed E-state index contributed by atoms with van der Waals surface area (Å²) >= 11 is 0. The van der Waals surface area contributed by atoms with E-state index in [4.69, 9.17) is 10.5 Å². The van der Waals surface area contributed by atoms with Gasteiger partial charge in [0.2, 0.25) is 0 Å². The van der Waals surface area contributed by atoms with Crippen molar-refractivity contribution in [3.63, 3.8) is 0 Å². The average molecular weight is 341 g/mol. The quantitative estimate of drug-likeness (QED) is 0.720. The summed E-state index contributed by atoms with van der Waals surface area (Å²) in [5, 5.41) is 18.6. The number of ether oxygens (including phenoxy) is 1. The zero-order valence-electron chi connectivity index (χ0n) is 14.1. The predicted octanol–water partition coefficient (Wildman–Crippen LogP) is 2.55. The molecule has 2 unspecified atom stereocenters. The largest absolute Gasteiger partial charge is 0.435 e. The van der Waals surface area contributed by atoms with E-state index in [-0.39, 0.29) is 16.6 Å². The Kier molecular flexibility index (Phi) is 4.13. The minimum atomic E-state index is -3.48. The molecule has 0 radical (unpaired) electrons. The van der Waals surface area contributed by atoms with Crippen LogP contribution in [0.5, 0.6) is 5.75 Å². The molecule has 134 valence electrons. The highest BCUT2D eigenvalue weighted by Crippen LogP contribution is 2.65. The number of fused-ring (bicyclic) bond motifs is 3. The molecule has 0 saturated heterocycles. The van der Waals surface area contributed by atoms with Crippen LogP contribution >= 0.6 is 0 Å². The highest BCUT2D eigenvalue weighted by Gasteiger charge is 2.61. The average Bonchev–Trinajstić information content (AvgIpc) is 2.52. The SMILES string of the molecule is CC[C@]12CC(C)(CN)C1CCc1ccc(OC(O)(O)C(F)F)cc12. The van der Waals surface area contributed by atoms with E-state index < -0.39 is 12.4 Å². The lowest BCUT2D eigenvalue weighted by Crippen LogP contribution is -2.62. The molecule has 6 heteroatoms. The van der Waals surface area contributed by atoms with Crippen molar-refractivity contribution in [2.75, 3.05) is 6.54 Å². The van der Waals surface area contributed by atoms with Gasteiger partial charge in [-0.25, -0.2) is 0 Å². The molecule has 0 aliphatic heterocycles. The standard InChI is InChI=1S/C18H25F2NO3/c1-3-17-9-16(2,10-21)14(17)7-5-11-4-6-12(8-13(11)17)24-18(22,23)15(19)20/h4,6,8,14-15,22-23H,3,5,7,9-10,21H2,1-2H3/t14?,16?,17-/m1/s1. The van der Waals surface area contributed by atoms with Crippen molar-refractivity contribution in [1.29, 1.82) is 0 Å². The third-order valence-electron chi connectivity index (χ3n) is 6.20. The minimum absolute atomic E-state index is 0.0283. The summed E-state index contributed by atoms with van der Waals surface area (Å²) < 4.78 is 30.0. The molecule has 24 heavy (non-hydrogen) atoms. The van der Waals surface area contributed by atoms with Gasteiger partial charge in [0.25, 0.3) is 0 Å². The highest BCUT2D eigenvalue weighted by molar-refractivity contribution is 5.46. The van der Waals surface area contributed by atoms with Crippen LogP contribution in [0.1, 0.15) is 44.2 Å². The summed E-state index contributed by atoms with van der Waals surface area (Å²) in [6.07, 6.45) is 0.450. The number of nitrogens with two attached hydrogens (primary N) is 1. The van der Waals surface area contributed by atoms with E-state index in [0.29, 0.717) is 12.5 Å². The molecular formula is C18H25F2NO3. The van der Waals surface area contributed by atoms with Crippen molar-refractivity contribution in [1.82, 2.24) is 0 Å². The van der Waals surface area contributed by atoms with E-state index in [9.17, 15) is 19.0 Å². The third kappa shape index (κ3) is 2.43. The van der Waals surface area contributed by atoms with E-state index in [1.54, 1.807) is 6.07 Å². The van der Waals surface area contributed by atoms with Gasteiger partial charge in [-0.2, -0.15) is 8.78 Å². The molecular weight excluding hydrogens is 316 g/mol. The van der Waals surface area contributed by atoms with Crippen molar-refractivity contribution >= 4 is 0 Å². The lowest BCUT2D eigenvalue weighted by atomic mass is 9.40. The second-order valence-electron chi connectivity index (χ2n) is 7.52. The Hall–Kier alpha value is -1.24. The maximum Gasteiger partial charge on any atom is 0.386 e. The maximum absolute atomic E-state index is 12.6. The van der Waals surface area contributed by atoms with Crippen LogP contribution in [0.2, 0.25) is 0 Å². The lowest BCUT2D eigenvalue weighted by molar-refractivity contribution is -0.347. The molecule has 1 aromatic carbocycles. The molecule has 2 aliphatic carbocycles. The van der Waals surface area contributed by atoms with Gasteiger partial charge in [0, 0.05) is 0 Å². The van der Waals surface area contributed by atoms with Crippen LogP contribution in [-0.2, 0) is 11.8 Å². The number of alkyl halides is 2. The van der Waals surface area contributed by atoms with Gasteiger partial charge in [0.05, 0.1) is 0 Å². The van der Waals surface area contributed by atoms with Gasteiger partial charge < -0.3 is 20.7 Å². The first-order valence-corrected chi connectivity index (χ1v) is 8.44. The fraction of sp³-hybridized carbons (Fsp3) is 0.667. The first-order valence-electron chi connectivity index (χ1n) is 8.44. The molecule has 0 aromatic heterocycles. The van der Waals surface area contributed by atoms with Crippen LogP contribution < -0.4 is 10.5 Å². The van der Waals surface area contributed by atoms with Crippen LogP contribution in [0.25, 0.3) is 0 Å². The number of halogens is 2. The van der Waals surface area contributed by atoms with Crippen molar-refractivity contribution in [2.45, 2.75) is 57.3 Å². The summed E-state index contributed by atoms with van der Waals surface area (Å²) in [4.78, 5) is 0. The molecule has 3 atom stereocenters. The summed E-state index contributed by atoms with van der Waals surface area (Å²) in [6.45, 7) is 4.97. The minimum Gasteiger partial charge on any atom is -0.435 e. The summed E-state index contributed by atoms with van der Waals surface area (Å²) in [5.41, 5.74) is 8.31. The van der Waals surface area contributed by atoms with Crippen molar-refractivity contribution in [3.05, 3.63) is 29.3 Å². The van der Waals surface area contributed by atoms with Crippen LogP contribution in [-0.4, -0.2) is 29.2 Å². The van der Waals surface area contributed by atoms with Gasteiger partial charge in [0.15, 0.2) is 0 Å². The maximum atomic E-state index is 12.6. The Morgan fingerprint density at radius 2 is 2.12 bits per heavy atom. The fourth-order valence-corrected chi connectivity index (χ4v) is 5.01. The topological polar surface area (TPSA) is 75.7 Å². The molecule has 1 aromatic rings. The van der Waals surface area contributed by atoms with E-state index in [1.165, 1.54) is 11.6 Å². The number of aryl methyl sites for hydroxylation is 1. The zero-order valence-corrected chi connectivity index (χ0v) is 14.1. The Balaban J connectivity index is 1.96.